The van der Waals surface area contributed by atoms with E-state index in [1.807, 2.05) is 0 Å². The van der Waals surface area contributed by atoms with E-state index in [2.05, 4.69) is 17.2 Å². The van der Waals surface area contributed by atoms with Gasteiger partial charge in [0, 0.05) is 19.5 Å². The summed E-state index contributed by atoms with van der Waals surface area (Å²) in [6, 6.07) is 4.91. The van der Waals surface area contributed by atoms with Crippen LogP contribution in [-0.2, 0) is 19.6 Å². The number of ether oxygens (including phenoxy) is 1. The van der Waals surface area contributed by atoms with Crippen molar-refractivity contribution in [2.24, 2.45) is 0 Å². The third-order valence-corrected chi connectivity index (χ3v) is 7.55. The Labute approximate surface area is 170 Å². The summed E-state index contributed by atoms with van der Waals surface area (Å²) in [4.78, 5) is 16.7. The molecule has 1 aromatic heterocycles. The summed E-state index contributed by atoms with van der Waals surface area (Å²) in [6.07, 6.45) is 5.96. The summed E-state index contributed by atoms with van der Waals surface area (Å²) < 4.78 is 33.0. The van der Waals surface area contributed by atoms with Crippen LogP contribution in [0.5, 0.6) is 0 Å². The fourth-order valence-corrected chi connectivity index (χ4v) is 5.56. The topological polar surface area (TPSA) is 88.6 Å². The molecule has 1 saturated heterocycles. The Morgan fingerprint density at radius 1 is 1.21 bits per heavy atom. The molecule has 0 atom stereocenters. The number of thiazole rings is 1. The van der Waals surface area contributed by atoms with Crippen LogP contribution in [0.2, 0.25) is 0 Å². The molecule has 154 valence electrons. The Morgan fingerprint density at radius 3 is 2.71 bits per heavy atom. The van der Waals surface area contributed by atoms with Gasteiger partial charge in [0.2, 0.25) is 15.9 Å². The molecule has 0 saturated carbocycles. The standard InChI is InChI=1S/C19H27N3O4S2/c1-2-3-4-5-6-7-18(23)21-19-20-16-9-8-15(14-17(16)27-19)28(24,25)22-10-12-26-13-11-22/h8-9,14H,2-7,10-13H2,1H3,(H,20,21,23). The minimum absolute atomic E-state index is 0.0447. The number of rotatable bonds is 9. The molecule has 1 fully saturated rings. The van der Waals surface area contributed by atoms with E-state index in [-0.39, 0.29) is 10.8 Å². The van der Waals surface area contributed by atoms with Gasteiger partial charge in [0.05, 0.1) is 28.3 Å². The van der Waals surface area contributed by atoms with E-state index in [1.54, 1.807) is 18.2 Å². The molecule has 1 amide bonds. The van der Waals surface area contributed by atoms with Crippen LogP contribution in [0.4, 0.5) is 5.13 Å². The monoisotopic (exact) mass is 425 g/mol. The SMILES string of the molecule is CCCCCCCC(=O)Nc1nc2ccc(S(=O)(=O)N3CCOCC3)cc2s1. The van der Waals surface area contributed by atoms with Crippen LogP contribution >= 0.6 is 11.3 Å². The Kier molecular flexibility index (Phi) is 7.39. The van der Waals surface area contributed by atoms with Crippen molar-refractivity contribution >= 4 is 42.6 Å². The number of anilines is 1. The van der Waals surface area contributed by atoms with Crippen LogP contribution in [0.1, 0.15) is 45.4 Å². The summed E-state index contributed by atoms with van der Waals surface area (Å²) >= 11 is 1.30. The second-order valence-corrected chi connectivity index (χ2v) is 9.85. The maximum Gasteiger partial charge on any atom is 0.243 e. The number of morpholine rings is 1. The van der Waals surface area contributed by atoms with Crippen LogP contribution in [-0.4, -0.2) is 49.9 Å². The van der Waals surface area contributed by atoms with Gasteiger partial charge in [-0.1, -0.05) is 43.9 Å². The number of aromatic nitrogens is 1. The highest BCUT2D eigenvalue weighted by Crippen LogP contribution is 2.29. The molecule has 2 aromatic rings. The number of sulfonamides is 1. The molecule has 1 aliphatic heterocycles. The molecular weight excluding hydrogens is 398 g/mol. The number of unbranched alkanes of at least 4 members (excludes halogenated alkanes) is 4. The highest BCUT2D eigenvalue weighted by molar-refractivity contribution is 7.89. The molecule has 0 bridgehead atoms. The van der Waals surface area contributed by atoms with Gasteiger partial charge in [-0.05, 0) is 24.6 Å². The van der Waals surface area contributed by atoms with Crippen LogP contribution in [0.3, 0.4) is 0 Å². The van der Waals surface area contributed by atoms with Gasteiger partial charge in [0.1, 0.15) is 0 Å². The van der Waals surface area contributed by atoms with Crippen LogP contribution in [0, 0.1) is 0 Å². The molecule has 9 heteroatoms. The fraction of sp³-hybridized carbons (Fsp3) is 0.579. The number of hydrogen-bond donors (Lipinski definition) is 1. The van der Waals surface area contributed by atoms with Crippen molar-refractivity contribution in [3.05, 3.63) is 18.2 Å². The molecule has 0 aliphatic carbocycles. The Balaban J connectivity index is 1.65. The predicted molar refractivity (Wildman–Crippen MR) is 111 cm³/mol. The lowest BCUT2D eigenvalue weighted by Crippen LogP contribution is -2.40. The van der Waals surface area contributed by atoms with Crippen molar-refractivity contribution in [2.45, 2.75) is 50.3 Å². The summed E-state index contributed by atoms with van der Waals surface area (Å²) in [5, 5.41) is 3.34. The third-order valence-electron chi connectivity index (χ3n) is 4.72. The van der Waals surface area contributed by atoms with E-state index < -0.39 is 10.0 Å². The molecule has 7 nitrogen and oxygen atoms in total. The number of hydrogen-bond acceptors (Lipinski definition) is 6. The smallest absolute Gasteiger partial charge is 0.243 e. The van der Waals surface area contributed by atoms with Crippen molar-refractivity contribution in [2.75, 3.05) is 31.6 Å². The summed E-state index contributed by atoms with van der Waals surface area (Å²) in [5.74, 6) is -0.0447. The van der Waals surface area contributed by atoms with E-state index in [1.165, 1.54) is 28.5 Å². The van der Waals surface area contributed by atoms with Gasteiger partial charge in [-0.2, -0.15) is 4.31 Å². The van der Waals surface area contributed by atoms with Crippen molar-refractivity contribution in [3.63, 3.8) is 0 Å². The van der Waals surface area contributed by atoms with E-state index in [0.717, 1.165) is 24.0 Å². The first-order valence-corrected chi connectivity index (χ1v) is 12.0. The number of carbonyl (C=O) groups is 1. The normalized spacial score (nSPS) is 15.8. The Morgan fingerprint density at radius 2 is 1.96 bits per heavy atom. The number of nitrogens with zero attached hydrogens (tertiary/aromatic N) is 2. The predicted octanol–water partition coefficient (Wildman–Crippen LogP) is 3.62. The zero-order valence-corrected chi connectivity index (χ0v) is 17.8. The molecule has 0 radical (unpaired) electrons. The van der Waals surface area contributed by atoms with Gasteiger partial charge in [0.25, 0.3) is 0 Å². The summed E-state index contributed by atoms with van der Waals surface area (Å²) in [5.41, 5.74) is 0.684. The van der Waals surface area contributed by atoms with Crippen LogP contribution in [0.15, 0.2) is 23.1 Å². The minimum Gasteiger partial charge on any atom is -0.379 e. The maximum atomic E-state index is 12.8. The van der Waals surface area contributed by atoms with E-state index in [4.69, 9.17) is 4.74 Å². The van der Waals surface area contributed by atoms with Crippen molar-refractivity contribution in [3.8, 4) is 0 Å². The first kappa shape index (κ1) is 21.2. The van der Waals surface area contributed by atoms with Crippen molar-refractivity contribution < 1.29 is 17.9 Å². The molecule has 28 heavy (non-hydrogen) atoms. The number of nitrogens with one attached hydrogen (secondary N) is 1. The Bertz CT molecular complexity index is 905. The molecule has 0 spiro atoms. The zero-order valence-electron chi connectivity index (χ0n) is 16.1. The third kappa shape index (κ3) is 5.28. The van der Waals surface area contributed by atoms with Gasteiger partial charge < -0.3 is 10.1 Å². The van der Waals surface area contributed by atoms with Crippen LogP contribution in [0.25, 0.3) is 10.2 Å². The largest absolute Gasteiger partial charge is 0.379 e. The minimum atomic E-state index is -3.54. The van der Waals surface area contributed by atoms with Crippen LogP contribution < -0.4 is 5.32 Å². The molecule has 0 unspecified atom stereocenters. The second-order valence-electron chi connectivity index (χ2n) is 6.88. The number of fused-ring (bicyclic) bond motifs is 1. The van der Waals surface area contributed by atoms with Gasteiger partial charge in [-0.3, -0.25) is 4.79 Å². The average Bonchev–Trinajstić information content (AvgIpc) is 3.09. The molecule has 1 N–H and O–H groups in total. The van der Waals surface area contributed by atoms with Gasteiger partial charge in [0.15, 0.2) is 5.13 Å². The van der Waals surface area contributed by atoms with Gasteiger partial charge in [-0.15, -0.1) is 0 Å². The lowest BCUT2D eigenvalue weighted by Gasteiger charge is -2.25. The van der Waals surface area contributed by atoms with E-state index in [0.29, 0.717) is 43.4 Å². The van der Waals surface area contributed by atoms with E-state index in [9.17, 15) is 13.2 Å². The first-order valence-electron chi connectivity index (χ1n) is 9.79. The Hall–Kier alpha value is -1.55. The molecule has 3 rings (SSSR count). The average molecular weight is 426 g/mol. The molecular formula is C19H27N3O4S2. The van der Waals surface area contributed by atoms with Gasteiger partial charge in [-0.25, -0.2) is 13.4 Å². The highest BCUT2D eigenvalue weighted by atomic mass is 32.2. The lowest BCUT2D eigenvalue weighted by molar-refractivity contribution is -0.116. The fourth-order valence-electron chi connectivity index (χ4n) is 3.13. The molecule has 1 aliphatic rings. The van der Waals surface area contributed by atoms with Gasteiger partial charge >= 0.3 is 0 Å². The first-order chi connectivity index (χ1) is 13.5. The maximum absolute atomic E-state index is 12.8. The molecule has 1 aromatic carbocycles. The summed E-state index contributed by atoms with van der Waals surface area (Å²) in [7, 11) is -3.54. The lowest BCUT2D eigenvalue weighted by atomic mass is 10.1. The molecule has 2 heterocycles. The van der Waals surface area contributed by atoms with Crippen molar-refractivity contribution in [1.82, 2.24) is 9.29 Å². The van der Waals surface area contributed by atoms with E-state index >= 15 is 0 Å². The van der Waals surface area contributed by atoms with Crippen molar-refractivity contribution in [1.29, 1.82) is 0 Å². The number of amides is 1. The zero-order chi connectivity index (χ0) is 20.0. The number of carbonyl (C=O) groups excluding carboxylic acids is 1. The quantitative estimate of drug-likeness (QED) is 0.620. The number of benzene rings is 1. The summed E-state index contributed by atoms with van der Waals surface area (Å²) in [6.45, 7) is 3.72. The highest BCUT2D eigenvalue weighted by Gasteiger charge is 2.26. The second kappa shape index (κ2) is 9.78.